The van der Waals surface area contributed by atoms with Gasteiger partial charge in [0.05, 0.1) is 5.45 Å². The van der Waals surface area contributed by atoms with Crippen LogP contribution < -0.4 is 10.2 Å². The third-order valence-electron chi connectivity index (χ3n) is 1.67. The summed E-state index contributed by atoms with van der Waals surface area (Å²) < 4.78 is 42.0. The van der Waals surface area contributed by atoms with E-state index < -0.39 is 12.8 Å². The molecule has 1 aromatic heterocycles. The first kappa shape index (κ1) is 13.8. The van der Waals surface area contributed by atoms with E-state index in [-0.39, 0.29) is 16.7 Å². The van der Waals surface area contributed by atoms with Gasteiger partial charge in [-0.15, -0.1) is 0 Å². The highest BCUT2D eigenvalue weighted by Gasteiger charge is 2.28. The second-order valence-electron chi connectivity index (χ2n) is 2.86. The molecule has 0 aliphatic rings. The Kier molecular flexibility index (Phi) is 4.73. The normalized spacial score (nSPS) is 12.6. The van der Waals surface area contributed by atoms with Crippen LogP contribution >= 0.6 is 15.9 Å². The van der Waals surface area contributed by atoms with Gasteiger partial charge in [-0.1, -0.05) is 15.9 Å². The van der Waals surface area contributed by atoms with Crippen molar-refractivity contribution < 1.29 is 17.9 Å². The lowest BCUT2D eigenvalue weighted by Gasteiger charge is -2.10. The molecule has 1 aromatic rings. The van der Waals surface area contributed by atoms with Gasteiger partial charge in [0.25, 0.3) is 0 Å². The van der Waals surface area contributed by atoms with Crippen LogP contribution in [-0.2, 0) is 0 Å². The molecule has 17 heavy (non-hydrogen) atoms. The largest absolute Gasteiger partial charge is 0.480 e. The lowest BCUT2D eigenvalue weighted by molar-refractivity contribution is -0.153. The van der Waals surface area contributed by atoms with E-state index in [9.17, 15) is 13.2 Å². The molecule has 0 fully saturated rings. The minimum absolute atomic E-state index is 0.00308. The number of halogens is 4. The molecule has 0 bridgehead atoms. The van der Waals surface area contributed by atoms with Gasteiger partial charge in [0.1, 0.15) is 0 Å². The van der Waals surface area contributed by atoms with Crippen LogP contribution in [0.5, 0.6) is 5.75 Å². The Morgan fingerprint density at radius 1 is 1.47 bits per heavy atom. The molecule has 0 saturated heterocycles. The van der Waals surface area contributed by atoms with E-state index in [0.29, 0.717) is 0 Å². The van der Waals surface area contributed by atoms with Crippen molar-refractivity contribution in [3.8, 4) is 5.75 Å². The highest BCUT2D eigenvalue weighted by molar-refractivity contribution is 9.09. The lowest BCUT2D eigenvalue weighted by atomic mass is 10.4. The third kappa shape index (κ3) is 4.22. The van der Waals surface area contributed by atoms with Crippen LogP contribution in [0.25, 0.3) is 0 Å². The van der Waals surface area contributed by atoms with E-state index in [1.54, 1.807) is 0 Å². The summed E-state index contributed by atoms with van der Waals surface area (Å²) in [6.45, 7) is 1.91. The van der Waals surface area contributed by atoms with Crippen molar-refractivity contribution in [1.82, 2.24) is 4.68 Å². The zero-order chi connectivity index (χ0) is 12.9. The molecule has 0 atom stereocenters. The summed E-state index contributed by atoms with van der Waals surface area (Å²) in [5, 5.41) is 3.59. The molecule has 0 unspecified atom stereocenters. The maximum atomic E-state index is 12.0. The summed E-state index contributed by atoms with van der Waals surface area (Å²) >= 11 is 3.05. The minimum Gasteiger partial charge on any atom is -0.480 e. The fourth-order valence-corrected chi connectivity index (χ4v) is 1.30. The van der Waals surface area contributed by atoms with E-state index in [2.05, 4.69) is 37.5 Å². The number of ether oxygens (including phenoxy) is 1. The zero-order valence-corrected chi connectivity index (χ0v) is 10.2. The van der Waals surface area contributed by atoms with Gasteiger partial charge in [-0.2, -0.15) is 18.3 Å². The number of hydrogen-bond donors (Lipinski definition) is 0. The van der Waals surface area contributed by atoms with Crippen molar-refractivity contribution in [3.63, 3.8) is 0 Å². The summed E-state index contributed by atoms with van der Waals surface area (Å²) in [4.78, 5) is 3.93. The van der Waals surface area contributed by atoms with E-state index in [1.807, 2.05) is 0 Å². The fraction of sp³-hybridized carbons (Fsp3) is 0.333. The van der Waals surface area contributed by atoms with E-state index in [0.717, 1.165) is 0 Å². The molecule has 0 radical (unpaired) electrons. The van der Waals surface area contributed by atoms with Crippen LogP contribution in [-0.4, -0.2) is 29.6 Å². The molecular formula is C9H9BrF3N3O. The van der Waals surface area contributed by atoms with Gasteiger partial charge in [-0.25, -0.2) is 4.68 Å². The predicted molar refractivity (Wildman–Crippen MR) is 60.3 cm³/mol. The minimum atomic E-state index is -4.39. The van der Waals surface area contributed by atoms with E-state index >= 15 is 0 Å². The molecular weight excluding hydrogens is 303 g/mol. The molecule has 94 valence electrons. The summed E-state index contributed by atoms with van der Waals surface area (Å²) in [6.07, 6.45) is -2.89. The van der Waals surface area contributed by atoms with E-state index in [1.165, 1.54) is 23.0 Å². The first-order chi connectivity index (χ1) is 7.98. The number of nitrogens with zero attached hydrogens (tertiary/aromatic N) is 3. The van der Waals surface area contributed by atoms with Gasteiger partial charge in [0.15, 0.2) is 17.8 Å². The van der Waals surface area contributed by atoms with Crippen LogP contribution in [0.3, 0.4) is 0 Å². The summed E-state index contributed by atoms with van der Waals surface area (Å²) in [6, 6.07) is 2.88. The van der Waals surface area contributed by atoms with Gasteiger partial charge in [0, 0.05) is 12.9 Å². The topological polar surface area (TPSA) is 38.9 Å². The number of pyridine rings is 1. The summed E-state index contributed by atoms with van der Waals surface area (Å²) in [7, 11) is 0. The average molecular weight is 312 g/mol. The SMILES string of the molecule is C=Nn1cccc(OCC(F)(F)F)c1=NCBr. The summed E-state index contributed by atoms with van der Waals surface area (Å²) in [5.41, 5.74) is 0.387. The second-order valence-corrected chi connectivity index (χ2v) is 3.37. The highest BCUT2D eigenvalue weighted by Crippen LogP contribution is 2.16. The number of rotatable bonds is 4. The Morgan fingerprint density at radius 2 is 2.18 bits per heavy atom. The van der Waals surface area contributed by atoms with Crippen LogP contribution in [0.1, 0.15) is 0 Å². The van der Waals surface area contributed by atoms with Crippen molar-refractivity contribution in [3.05, 3.63) is 23.8 Å². The molecule has 0 amide bonds. The monoisotopic (exact) mass is 311 g/mol. The first-order valence-electron chi connectivity index (χ1n) is 4.42. The maximum Gasteiger partial charge on any atom is 0.422 e. The van der Waals surface area contributed by atoms with Crippen LogP contribution in [0.15, 0.2) is 28.4 Å². The number of alkyl halides is 4. The Balaban J connectivity index is 3.07. The molecule has 1 heterocycles. The van der Waals surface area contributed by atoms with Gasteiger partial charge >= 0.3 is 6.18 Å². The average Bonchev–Trinajstić information content (AvgIpc) is 2.27. The quantitative estimate of drug-likeness (QED) is 0.477. The van der Waals surface area contributed by atoms with Gasteiger partial charge in [-0.05, 0) is 12.1 Å². The molecule has 0 aromatic carbocycles. The number of aromatic nitrogens is 1. The van der Waals surface area contributed by atoms with Crippen LogP contribution in [0.2, 0.25) is 0 Å². The standard InChI is InChI=1S/C9H9BrF3N3O/c1-14-16-4-2-3-7(8(16)15-6-10)17-5-9(11,12)13/h2-4H,1,5-6H2. The van der Waals surface area contributed by atoms with Crippen molar-refractivity contribution in [2.24, 2.45) is 10.1 Å². The molecule has 0 saturated carbocycles. The zero-order valence-electron chi connectivity index (χ0n) is 8.62. The maximum absolute atomic E-state index is 12.0. The molecule has 0 spiro atoms. The summed E-state index contributed by atoms with van der Waals surface area (Å²) in [5.74, 6) is -0.00308. The predicted octanol–water partition coefficient (Wildman–Crippen LogP) is 2.15. The molecule has 0 aliphatic carbocycles. The van der Waals surface area contributed by atoms with Crippen molar-refractivity contribution in [1.29, 1.82) is 0 Å². The molecule has 1 rings (SSSR count). The fourth-order valence-electron chi connectivity index (χ4n) is 1.06. The van der Waals surface area contributed by atoms with Gasteiger partial charge in [-0.3, -0.25) is 4.99 Å². The van der Waals surface area contributed by atoms with Crippen LogP contribution in [0.4, 0.5) is 13.2 Å². The molecule has 8 heteroatoms. The highest BCUT2D eigenvalue weighted by atomic mass is 79.9. The first-order valence-corrected chi connectivity index (χ1v) is 5.55. The second kappa shape index (κ2) is 5.85. The number of hydrogen-bond acceptors (Lipinski definition) is 3. The van der Waals surface area contributed by atoms with Crippen LogP contribution in [0, 0.1) is 0 Å². The Morgan fingerprint density at radius 3 is 2.71 bits per heavy atom. The van der Waals surface area contributed by atoms with E-state index in [4.69, 9.17) is 0 Å². The smallest absolute Gasteiger partial charge is 0.422 e. The van der Waals surface area contributed by atoms with Crippen molar-refractivity contribution in [2.75, 3.05) is 12.1 Å². The van der Waals surface area contributed by atoms with Gasteiger partial charge < -0.3 is 4.74 Å². The van der Waals surface area contributed by atoms with Crippen molar-refractivity contribution in [2.45, 2.75) is 6.18 Å². The van der Waals surface area contributed by atoms with Gasteiger partial charge in [0.2, 0.25) is 0 Å². The Bertz CT molecular complexity index is 456. The Labute approximate surface area is 104 Å². The Hall–Kier alpha value is -1.31. The molecule has 4 nitrogen and oxygen atoms in total. The lowest BCUT2D eigenvalue weighted by Crippen LogP contribution is -2.25. The van der Waals surface area contributed by atoms with Crippen molar-refractivity contribution >= 4 is 22.6 Å². The molecule has 0 N–H and O–H groups in total. The molecule has 0 aliphatic heterocycles. The third-order valence-corrected chi connectivity index (χ3v) is 1.92.